The molecule has 2 rings (SSSR count). The Morgan fingerprint density at radius 2 is 1.71 bits per heavy atom. The summed E-state index contributed by atoms with van der Waals surface area (Å²) in [4.78, 5) is 0.131. The second-order valence-electron chi connectivity index (χ2n) is 4.58. The zero-order chi connectivity index (χ0) is 15.6. The van der Waals surface area contributed by atoms with Crippen molar-refractivity contribution >= 4 is 47.6 Å². The van der Waals surface area contributed by atoms with Crippen molar-refractivity contribution in [3.8, 4) is 0 Å². The van der Waals surface area contributed by atoms with Crippen LogP contribution in [0, 0.1) is 0 Å². The Morgan fingerprint density at radius 3 is 2.33 bits per heavy atom. The van der Waals surface area contributed by atoms with E-state index in [0.717, 1.165) is 10.0 Å². The highest BCUT2D eigenvalue weighted by atomic mass is 79.9. The monoisotopic (exact) mass is 432 g/mol. The van der Waals surface area contributed by atoms with Gasteiger partial charge in [-0.1, -0.05) is 28.1 Å². The molecular weight excluding hydrogens is 420 g/mol. The molecule has 0 saturated heterocycles. The predicted molar refractivity (Wildman–Crippen MR) is 91.4 cm³/mol. The third kappa shape index (κ3) is 4.06. The van der Waals surface area contributed by atoms with Gasteiger partial charge in [0.05, 0.1) is 4.90 Å². The highest BCUT2D eigenvalue weighted by Crippen LogP contribution is 2.26. The smallest absolute Gasteiger partial charge is 0.242 e. The van der Waals surface area contributed by atoms with Gasteiger partial charge < -0.3 is 5.73 Å². The third-order valence-electron chi connectivity index (χ3n) is 2.95. The van der Waals surface area contributed by atoms with E-state index in [-0.39, 0.29) is 10.9 Å². The fraction of sp³-hybridized carbons (Fsp3) is 0.143. The fourth-order valence-electron chi connectivity index (χ4n) is 1.84. The summed E-state index contributed by atoms with van der Waals surface area (Å²) in [5.41, 5.74) is 6.94. The molecule has 3 N–H and O–H groups in total. The molecule has 0 aliphatic carbocycles. The lowest BCUT2D eigenvalue weighted by Gasteiger charge is -2.16. The number of sulfonamides is 1. The highest BCUT2D eigenvalue weighted by Gasteiger charge is 2.21. The molecule has 0 aromatic heterocycles. The lowest BCUT2D eigenvalue weighted by molar-refractivity contribution is 0.566. The Hall–Kier alpha value is -0.890. The Balaban J connectivity index is 2.28. The first-order valence-corrected chi connectivity index (χ1v) is 9.19. The van der Waals surface area contributed by atoms with Gasteiger partial charge >= 0.3 is 0 Å². The van der Waals surface area contributed by atoms with Crippen LogP contribution in [0.2, 0.25) is 0 Å². The summed E-state index contributed by atoms with van der Waals surface area (Å²) < 4.78 is 29.0. The summed E-state index contributed by atoms with van der Waals surface area (Å²) in [5, 5.41) is 0. The number of nitrogens with two attached hydrogens (primary N) is 1. The molecule has 2 aromatic carbocycles. The molecule has 0 amide bonds. The van der Waals surface area contributed by atoms with Gasteiger partial charge in [-0.2, -0.15) is 0 Å². The minimum Gasteiger partial charge on any atom is -0.399 e. The van der Waals surface area contributed by atoms with Gasteiger partial charge in [-0.25, -0.2) is 13.1 Å². The quantitative estimate of drug-likeness (QED) is 0.719. The Kier molecular flexibility index (Phi) is 5.08. The maximum Gasteiger partial charge on any atom is 0.242 e. The number of nitrogen functional groups attached to an aromatic ring is 1. The minimum atomic E-state index is -3.66. The van der Waals surface area contributed by atoms with Gasteiger partial charge in [-0.05, 0) is 58.7 Å². The topological polar surface area (TPSA) is 72.2 Å². The van der Waals surface area contributed by atoms with Crippen LogP contribution in [0.1, 0.15) is 18.5 Å². The van der Waals surface area contributed by atoms with Gasteiger partial charge in [-0.3, -0.25) is 0 Å². The summed E-state index contributed by atoms with van der Waals surface area (Å²) in [5.74, 6) is 0. The third-order valence-corrected chi connectivity index (χ3v) is 6.01. The average molecular weight is 434 g/mol. The van der Waals surface area contributed by atoms with Crippen molar-refractivity contribution < 1.29 is 8.42 Å². The molecule has 112 valence electrons. The molecule has 7 heteroatoms. The van der Waals surface area contributed by atoms with E-state index in [2.05, 4.69) is 36.6 Å². The van der Waals surface area contributed by atoms with E-state index >= 15 is 0 Å². The number of anilines is 1. The molecule has 4 nitrogen and oxygen atoms in total. The molecule has 0 radical (unpaired) electrons. The number of hydrogen-bond donors (Lipinski definition) is 2. The zero-order valence-corrected chi connectivity index (χ0v) is 15.2. The van der Waals surface area contributed by atoms with Crippen molar-refractivity contribution in [1.29, 1.82) is 0 Å². The maximum absolute atomic E-state index is 12.4. The standard InChI is InChI=1S/C14H14Br2N2O2S/c1-9(10-2-4-11(15)5-3-10)18-21(19,20)14-8-12(17)6-7-13(14)16/h2-9,18H,17H2,1H3/t9-/m0/s1. The molecule has 0 unspecified atom stereocenters. The van der Waals surface area contributed by atoms with Crippen molar-refractivity contribution in [3.63, 3.8) is 0 Å². The van der Waals surface area contributed by atoms with Crippen molar-refractivity contribution in [2.45, 2.75) is 17.9 Å². The molecular formula is C14H14Br2N2O2S. The van der Waals surface area contributed by atoms with Gasteiger partial charge in [0.25, 0.3) is 0 Å². The molecule has 2 aromatic rings. The van der Waals surface area contributed by atoms with Crippen molar-refractivity contribution in [2.75, 3.05) is 5.73 Å². The summed E-state index contributed by atoms with van der Waals surface area (Å²) >= 11 is 6.59. The molecule has 0 aliphatic heterocycles. The first-order valence-electron chi connectivity index (χ1n) is 6.12. The normalized spacial score (nSPS) is 13.1. The maximum atomic E-state index is 12.4. The predicted octanol–water partition coefficient (Wildman–Crippen LogP) is 3.83. The second-order valence-corrected chi connectivity index (χ2v) is 8.04. The van der Waals surface area contributed by atoms with Crippen LogP contribution in [-0.2, 0) is 10.0 Å². The van der Waals surface area contributed by atoms with E-state index < -0.39 is 10.0 Å². The number of nitrogens with one attached hydrogen (secondary N) is 1. The number of halogens is 2. The highest BCUT2D eigenvalue weighted by molar-refractivity contribution is 9.10. The Morgan fingerprint density at radius 1 is 1.10 bits per heavy atom. The largest absolute Gasteiger partial charge is 0.399 e. The van der Waals surface area contributed by atoms with E-state index in [9.17, 15) is 8.42 Å². The van der Waals surface area contributed by atoms with Gasteiger partial charge in [0.15, 0.2) is 0 Å². The van der Waals surface area contributed by atoms with Gasteiger partial charge in [0.2, 0.25) is 10.0 Å². The summed E-state index contributed by atoms with van der Waals surface area (Å²) in [6.45, 7) is 1.79. The van der Waals surface area contributed by atoms with E-state index in [4.69, 9.17) is 5.73 Å². The first-order chi connectivity index (χ1) is 9.79. The minimum absolute atomic E-state index is 0.131. The first kappa shape index (κ1) is 16.5. The number of rotatable bonds is 4. The van der Waals surface area contributed by atoms with E-state index in [0.29, 0.717) is 10.2 Å². The molecule has 0 fully saturated rings. The van der Waals surface area contributed by atoms with Gasteiger partial charge in [0.1, 0.15) is 0 Å². The van der Waals surface area contributed by atoms with E-state index in [1.54, 1.807) is 19.1 Å². The molecule has 0 aliphatic rings. The number of benzene rings is 2. The van der Waals surface area contributed by atoms with E-state index in [1.165, 1.54) is 6.07 Å². The average Bonchev–Trinajstić information content (AvgIpc) is 2.41. The van der Waals surface area contributed by atoms with E-state index in [1.807, 2.05) is 24.3 Å². The molecule has 0 bridgehead atoms. The summed E-state index contributed by atoms with van der Waals surface area (Å²) in [7, 11) is -3.66. The second kappa shape index (κ2) is 6.48. The Labute approximate surface area is 141 Å². The summed E-state index contributed by atoms with van der Waals surface area (Å²) in [6, 6.07) is 11.8. The van der Waals surface area contributed by atoms with Gasteiger partial charge in [0, 0.05) is 20.7 Å². The van der Waals surface area contributed by atoms with Crippen LogP contribution < -0.4 is 10.5 Å². The van der Waals surface area contributed by atoms with Crippen LogP contribution in [0.25, 0.3) is 0 Å². The van der Waals surface area contributed by atoms with Crippen LogP contribution in [0.5, 0.6) is 0 Å². The molecule has 21 heavy (non-hydrogen) atoms. The molecule has 0 heterocycles. The molecule has 1 atom stereocenters. The molecule has 0 spiro atoms. The van der Waals surface area contributed by atoms with Crippen LogP contribution in [0.15, 0.2) is 56.3 Å². The summed E-state index contributed by atoms with van der Waals surface area (Å²) in [6.07, 6.45) is 0. The van der Waals surface area contributed by atoms with Crippen LogP contribution in [0.3, 0.4) is 0 Å². The van der Waals surface area contributed by atoms with Gasteiger partial charge in [-0.15, -0.1) is 0 Å². The van der Waals surface area contributed by atoms with Crippen molar-refractivity contribution in [1.82, 2.24) is 4.72 Å². The lowest BCUT2D eigenvalue weighted by Crippen LogP contribution is -2.27. The fourth-order valence-corrected chi connectivity index (χ4v) is 4.34. The van der Waals surface area contributed by atoms with Crippen LogP contribution in [-0.4, -0.2) is 8.42 Å². The van der Waals surface area contributed by atoms with Crippen molar-refractivity contribution in [3.05, 3.63) is 57.0 Å². The van der Waals surface area contributed by atoms with Crippen molar-refractivity contribution in [2.24, 2.45) is 0 Å². The zero-order valence-electron chi connectivity index (χ0n) is 11.2. The SMILES string of the molecule is C[C@H](NS(=O)(=O)c1cc(N)ccc1Br)c1ccc(Br)cc1. The van der Waals surface area contributed by atoms with Crippen LogP contribution >= 0.6 is 31.9 Å². The Bertz CT molecular complexity index is 746. The van der Waals surface area contributed by atoms with Crippen LogP contribution in [0.4, 0.5) is 5.69 Å². The molecule has 0 saturated carbocycles. The number of hydrogen-bond acceptors (Lipinski definition) is 3. The lowest BCUT2D eigenvalue weighted by atomic mass is 10.1.